The lowest BCUT2D eigenvalue weighted by atomic mass is 9.73. The van der Waals surface area contributed by atoms with E-state index < -0.39 is 0 Å². The zero-order valence-electron chi connectivity index (χ0n) is 12.2. The lowest BCUT2D eigenvalue weighted by Gasteiger charge is -2.30. The Morgan fingerprint density at radius 1 is 0.947 bits per heavy atom. The number of rotatable bonds is 4. The van der Waals surface area contributed by atoms with Gasteiger partial charge in [0.2, 0.25) is 0 Å². The van der Waals surface area contributed by atoms with E-state index in [9.17, 15) is 0 Å². The van der Waals surface area contributed by atoms with Gasteiger partial charge in [-0.3, -0.25) is 0 Å². The first kappa shape index (κ1) is 13.9. The summed E-state index contributed by atoms with van der Waals surface area (Å²) in [5.41, 5.74) is 4.09. The third-order valence-electron chi connectivity index (χ3n) is 4.10. The van der Waals surface area contributed by atoms with E-state index in [0.29, 0.717) is 5.92 Å². The molecular weight excluding hydrogens is 228 g/mol. The summed E-state index contributed by atoms with van der Waals surface area (Å²) < 4.78 is 0. The van der Waals surface area contributed by atoms with Gasteiger partial charge < -0.3 is 0 Å². The Morgan fingerprint density at radius 2 is 1.58 bits per heavy atom. The zero-order chi connectivity index (χ0) is 13.9. The highest BCUT2D eigenvalue weighted by Crippen LogP contribution is 2.35. The van der Waals surface area contributed by atoms with Crippen LogP contribution in [0.25, 0.3) is 0 Å². The molecule has 0 aliphatic carbocycles. The van der Waals surface area contributed by atoms with E-state index in [0.717, 1.165) is 6.42 Å². The van der Waals surface area contributed by atoms with E-state index in [1.165, 1.54) is 16.7 Å². The molecule has 2 aromatic carbocycles. The number of benzene rings is 2. The van der Waals surface area contributed by atoms with Crippen molar-refractivity contribution in [3.05, 3.63) is 78.2 Å². The van der Waals surface area contributed by atoms with Crippen LogP contribution in [0.2, 0.25) is 0 Å². The second-order valence-electron chi connectivity index (χ2n) is 5.73. The van der Waals surface area contributed by atoms with Crippen molar-refractivity contribution >= 4 is 0 Å². The predicted molar refractivity (Wildman–Crippen MR) is 83.4 cm³/mol. The average molecular weight is 251 g/mol. The monoisotopic (exact) mass is 251 g/mol. The molecule has 2 aromatic rings. The molecule has 2 rings (SSSR count). The summed E-state index contributed by atoms with van der Waals surface area (Å²) in [5, 5.41) is 0. The molecule has 0 N–H and O–H groups in total. The lowest BCUT2D eigenvalue weighted by Crippen LogP contribution is -2.22. The first-order valence-electron chi connectivity index (χ1n) is 7.03. The van der Waals surface area contributed by atoms with Crippen molar-refractivity contribution in [2.45, 2.75) is 38.5 Å². The van der Waals surface area contributed by atoms with Gasteiger partial charge in [-0.15, -0.1) is 0 Å². The molecular formula is C19H23. The van der Waals surface area contributed by atoms with E-state index in [2.05, 4.69) is 82.3 Å². The number of hydrogen-bond donors (Lipinski definition) is 0. The fourth-order valence-corrected chi connectivity index (χ4v) is 2.50. The van der Waals surface area contributed by atoms with Gasteiger partial charge in [-0.1, -0.05) is 82.3 Å². The van der Waals surface area contributed by atoms with Crippen LogP contribution in [-0.4, -0.2) is 0 Å². The number of hydrogen-bond acceptors (Lipinski definition) is 0. The Hall–Kier alpha value is -1.56. The highest BCUT2D eigenvalue weighted by molar-refractivity contribution is 5.40. The Bertz CT molecular complexity index is 525. The molecule has 0 bridgehead atoms. The third kappa shape index (κ3) is 2.73. The molecule has 0 saturated carbocycles. The fraction of sp³-hybridized carbons (Fsp3) is 0.316. The van der Waals surface area contributed by atoms with Crippen LogP contribution in [0.4, 0.5) is 0 Å². The van der Waals surface area contributed by atoms with Gasteiger partial charge in [-0.25, -0.2) is 0 Å². The van der Waals surface area contributed by atoms with Gasteiger partial charge in [0, 0.05) is 5.41 Å². The molecule has 0 heteroatoms. The first-order valence-corrected chi connectivity index (χ1v) is 7.03. The largest absolute Gasteiger partial charge is 0.0622 e. The van der Waals surface area contributed by atoms with Gasteiger partial charge in [0.25, 0.3) is 0 Å². The molecule has 1 radical (unpaired) electrons. The van der Waals surface area contributed by atoms with Crippen LogP contribution in [0.3, 0.4) is 0 Å². The quantitative estimate of drug-likeness (QED) is 0.688. The molecule has 1 unspecified atom stereocenters. The van der Waals surface area contributed by atoms with E-state index >= 15 is 0 Å². The highest BCUT2D eigenvalue weighted by Gasteiger charge is 2.26. The first-order chi connectivity index (χ1) is 9.08. The van der Waals surface area contributed by atoms with Crippen LogP contribution in [0, 0.1) is 6.92 Å². The van der Waals surface area contributed by atoms with E-state index in [1.807, 2.05) is 0 Å². The minimum Gasteiger partial charge on any atom is -0.0622 e. The minimum atomic E-state index is -0.00778. The average Bonchev–Trinajstić information content (AvgIpc) is 2.47. The summed E-state index contributed by atoms with van der Waals surface area (Å²) in [5.74, 6) is 0.560. The van der Waals surface area contributed by atoms with Crippen LogP contribution in [0.1, 0.15) is 49.8 Å². The van der Waals surface area contributed by atoms with Crippen molar-refractivity contribution < 1.29 is 0 Å². The fourth-order valence-electron chi connectivity index (χ4n) is 2.50. The smallest absolute Gasteiger partial charge is 0.0174 e. The summed E-state index contributed by atoms with van der Waals surface area (Å²) in [6.45, 7) is 11.0. The van der Waals surface area contributed by atoms with Crippen LogP contribution in [0.15, 0.2) is 54.6 Å². The maximum absolute atomic E-state index is 4.19. The maximum Gasteiger partial charge on any atom is 0.0174 e. The molecule has 0 fully saturated rings. The van der Waals surface area contributed by atoms with E-state index in [4.69, 9.17) is 0 Å². The Labute approximate surface area is 117 Å². The van der Waals surface area contributed by atoms with Gasteiger partial charge in [-0.05, 0) is 29.0 Å². The molecule has 0 aromatic heterocycles. The minimum absolute atomic E-state index is 0.00778. The molecule has 1 atom stereocenters. The third-order valence-corrected chi connectivity index (χ3v) is 4.10. The predicted octanol–water partition coefficient (Wildman–Crippen LogP) is 5.34. The van der Waals surface area contributed by atoms with Crippen LogP contribution in [0.5, 0.6) is 0 Å². The molecule has 0 amide bonds. The molecule has 0 aliphatic heterocycles. The van der Waals surface area contributed by atoms with Gasteiger partial charge in [0.15, 0.2) is 0 Å². The second kappa shape index (κ2) is 5.61. The summed E-state index contributed by atoms with van der Waals surface area (Å²) in [7, 11) is 0. The molecule has 19 heavy (non-hydrogen) atoms. The van der Waals surface area contributed by atoms with Crippen molar-refractivity contribution in [2.24, 2.45) is 0 Å². The van der Waals surface area contributed by atoms with Gasteiger partial charge in [0.05, 0.1) is 0 Å². The highest BCUT2D eigenvalue weighted by atomic mass is 14.3. The van der Waals surface area contributed by atoms with E-state index in [1.54, 1.807) is 0 Å². The van der Waals surface area contributed by atoms with Crippen LogP contribution < -0.4 is 0 Å². The Balaban J connectivity index is 2.50. The molecule has 0 spiro atoms. The molecule has 0 saturated heterocycles. The zero-order valence-corrected chi connectivity index (χ0v) is 12.2. The molecule has 0 aliphatic rings. The normalized spacial score (nSPS) is 14.4. The van der Waals surface area contributed by atoms with Gasteiger partial charge in [0.1, 0.15) is 0 Å². The Morgan fingerprint density at radius 3 is 2.16 bits per heavy atom. The van der Waals surface area contributed by atoms with E-state index in [-0.39, 0.29) is 5.41 Å². The van der Waals surface area contributed by atoms with Crippen molar-refractivity contribution in [3.8, 4) is 0 Å². The lowest BCUT2D eigenvalue weighted by molar-refractivity contribution is 0.577. The SMILES string of the molecule is [CH2]CC(C)(c1ccccc1)c1cccc(C(C)C)c1. The second-order valence-corrected chi connectivity index (χ2v) is 5.73. The summed E-state index contributed by atoms with van der Waals surface area (Å²) >= 11 is 0. The van der Waals surface area contributed by atoms with Crippen molar-refractivity contribution in [3.63, 3.8) is 0 Å². The Kier molecular flexibility index (Phi) is 4.09. The maximum atomic E-state index is 4.19. The summed E-state index contributed by atoms with van der Waals surface area (Å²) in [6, 6.07) is 19.6. The molecule has 99 valence electrons. The standard InChI is InChI=1S/C19H23/c1-5-19(4,17-11-7-6-8-12-17)18-13-9-10-16(14-18)15(2)3/h6-15H,1,5H2,2-4H3. The summed E-state index contributed by atoms with van der Waals surface area (Å²) in [4.78, 5) is 0. The van der Waals surface area contributed by atoms with Crippen LogP contribution >= 0.6 is 0 Å². The van der Waals surface area contributed by atoms with Crippen molar-refractivity contribution in [2.75, 3.05) is 0 Å². The van der Waals surface area contributed by atoms with Gasteiger partial charge >= 0.3 is 0 Å². The van der Waals surface area contributed by atoms with Crippen LogP contribution in [-0.2, 0) is 5.41 Å². The van der Waals surface area contributed by atoms with Crippen molar-refractivity contribution in [1.82, 2.24) is 0 Å². The topological polar surface area (TPSA) is 0 Å². The van der Waals surface area contributed by atoms with Crippen molar-refractivity contribution in [1.29, 1.82) is 0 Å². The van der Waals surface area contributed by atoms with Gasteiger partial charge in [-0.2, -0.15) is 0 Å². The molecule has 0 nitrogen and oxygen atoms in total. The molecule has 0 heterocycles. The summed E-state index contributed by atoms with van der Waals surface area (Å²) in [6.07, 6.45) is 0.860.